The average molecular weight is 413 g/mol. The van der Waals surface area contributed by atoms with Crippen molar-refractivity contribution in [1.29, 1.82) is 0 Å². The number of nitrogens with one attached hydrogen (secondary N) is 1. The molecule has 0 saturated heterocycles. The first-order valence-electron chi connectivity index (χ1n) is 8.33. The third-order valence-electron chi connectivity index (χ3n) is 3.89. The van der Waals surface area contributed by atoms with Crippen LogP contribution in [0.3, 0.4) is 0 Å². The van der Waals surface area contributed by atoms with Crippen molar-refractivity contribution in [3.63, 3.8) is 0 Å². The maximum absolute atomic E-state index is 13.0. The van der Waals surface area contributed by atoms with E-state index >= 15 is 0 Å². The molecular formula is C18H21F6NO3. The lowest BCUT2D eigenvalue weighted by molar-refractivity contribution is -0.143. The van der Waals surface area contributed by atoms with Crippen LogP contribution < -0.4 is 5.32 Å². The molecule has 0 fully saturated rings. The molecule has 1 amide bonds. The monoisotopic (exact) mass is 413 g/mol. The summed E-state index contributed by atoms with van der Waals surface area (Å²) >= 11 is 0. The standard InChI is InChI=1S/C18H21F6NO3/c1-16(2,3)15(28)25-13(14(26)27)12-7-6-11(18(22,23)24)9-10(12)5-4-8-17(19,20)21/h6-7,9,13H,4-5,8H2,1-3H3,(H,25,28)(H,26,27). The second kappa shape index (κ2) is 8.40. The fraction of sp³-hybridized carbons (Fsp3) is 0.556. The number of rotatable bonds is 6. The lowest BCUT2D eigenvalue weighted by atomic mass is 9.91. The van der Waals surface area contributed by atoms with Gasteiger partial charge in [-0.2, -0.15) is 26.3 Å². The summed E-state index contributed by atoms with van der Waals surface area (Å²) in [5.41, 5.74) is -2.47. The van der Waals surface area contributed by atoms with E-state index in [1.54, 1.807) is 0 Å². The Morgan fingerprint density at radius 1 is 1.07 bits per heavy atom. The van der Waals surface area contributed by atoms with Crippen LogP contribution in [0.25, 0.3) is 0 Å². The molecule has 0 aromatic heterocycles. The topological polar surface area (TPSA) is 66.4 Å². The molecule has 0 bridgehead atoms. The molecule has 0 spiro atoms. The number of halogens is 6. The molecule has 1 aromatic carbocycles. The Morgan fingerprint density at radius 2 is 1.64 bits per heavy atom. The predicted octanol–water partition coefficient (Wildman–Crippen LogP) is 4.88. The molecule has 1 aromatic rings. The van der Waals surface area contributed by atoms with Gasteiger partial charge in [0.25, 0.3) is 0 Å². The predicted molar refractivity (Wildman–Crippen MR) is 88.4 cm³/mol. The zero-order chi connectivity index (χ0) is 21.9. The molecule has 1 unspecified atom stereocenters. The zero-order valence-corrected chi connectivity index (χ0v) is 15.5. The first kappa shape index (κ1) is 23.8. The number of aryl methyl sites for hydroxylation is 1. The lowest BCUT2D eigenvalue weighted by Gasteiger charge is -2.24. The van der Waals surface area contributed by atoms with E-state index < -0.39 is 60.5 Å². The SMILES string of the molecule is CC(C)(C)C(=O)NC(C(=O)O)c1ccc(C(F)(F)F)cc1CCCC(F)(F)F. The number of hydrogen-bond donors (Lipinski definition) is 2. The molecule has 0 aliphatic heterocycles. The molecule has 4 nitrogen and oxygen atoms in total. The molecule has 0 heterocycles. The van der Waals surface area contributed by atoms with E-state index in [9.17, 15) is 41.0 Å². The van der Waals surface area contributed by atoms with Gasteiger partial charge in [-0.25, -0.2) is 4.79 Å². The Labute approximate surface area is 157 Å². The minimum absolute atomic E-state index is 0.180. The smallest absolute Gasteiger partial charge is 0.416 e. The maximum Gasteiger partial charge on any atom is 0.416 e. The summed E-state index contributed by atoms with van der Waals surface area (Å²) in [4.78, 5) is 23.7. The summed E-state index contributed by atoms with van der Waals surface area (Å²) in [6.45, 7) is 4.54. The number of carboxylic acid groups (broad SMARTS) is 1. The molecule has 0 radical (unpaired) electrons. The minimum atomic E-state index is -4.75. The third-order valence-corrected chi connectivity index (χ3v) is 3.89. The van der Waals surface area contributed by atoms with E-state index in [1.807, 2.05) is 0 Å². The van der Waals surface area contributed by atoms with Crippen molar-refractivity contribution in [3.05, 3.63) is 34.9 Å². The second-order valence-corrected chi connectivity index (χ2v) is 7.37. The molecule has 0 saturated carbocycles. The van der Waals surface area contributed by atoms with Crippen LogP contribution in [0.2, 0.25) is 0 Å². The van der Waals surface area contributed by atoms with E-state index in [0.717, 1.165) is 6.07 Å². The van der Waals surface area contributed by atoms with Crippen LogP contribution in [-0.2, 0) is 22.2 Å². The highest BCUT2D eigenvalue weighted by Crippen LogP contribution is 2.33. The van der Waals surface area contributed by atoms with Crippen LogP contribution >= 0.6 is 0 Å². The van der Waals surface area contributed by atoms with Crippen molar-refractivity contribution in [1.82, 2.24) is 5.32 Å². The van der Waals surface area contributed by atoms with Crippen molar-refractivity contribution in [2.24, 2.45) is 5.41 Å². The normalized spacial score (nSPS) is 13.9. The third kappa shape index (κ3) is 7.05. The number of carbonyl (C=O) groups is 2. The summed E-state index contributed by atoms with van der Waals surface area (Å²) in [5.74, 6) is -2.20. The fourth-order valence-corrected chi connectivity index (χ4v) is 2.38. The fourth-order valence-electron chi connectivity index (χ4n) is 2.38. The molecule has 0 aliphatic carbocycles. The van der Waals surface area contributed by atoms with Crippen LogP contribution in [0.5, 0.6) is 0 Å². The largest absolute Gasteiger partial charge is 0.479 e. The summed E-state index contributed by atoms with van der Waals surface area (Å²) in [5, 5.41) is 11.7. The summed E-state index contributed by atoms with van der Waals surface area (Å²) in [6.07, 6.45) is -11.4. The van der Waals surface area contributed by atoms with Crippen LogP contribution in [0.15, 0.2) is 18.2 Å². The van der Waals surface area contributed by atoms with Gasteiger partial charge in [0.05, 0.1) is 5.56 Å². The highest BCUT2D eigenvalue weighted by molar-refractivity contribution is 5.87. The van der Waals surface area contributed by atoms with E-state index in [0.29, 0.717) is 12.1 Å². The van der Waals surface area contributed by atoms with Gasteiger partial charge >= 0.3 is 18.3 Å². The number of benzene rings is 1. The van der Waals surface area contributed by atoms with E-state index in [-0.39, 0.29) is 11.1 Å². The molecular weight excluding hydrogens is 392 g/mol. The molecule has 10 heteroatoms. The molecule has 1 atom stereocenters. The number of hydrogen-bond acceptors (Lipinski definition) is 2. The Morgan fingerprint density at radius 3 is 2.07 bits per heavy atom. The van der Waals surface area contributed by atoms with Crippen molar-refractivity contribution < 1.29 is 41.0 Å². The van der Waals surface area contributed by atoms with E-state index in [2.05, 4.69) is 5.32 Å². The number of carboxylic acids is 1. The second-order valence-electron chi connectivity index (χ2n) is 7.37. The highest BCUT2D eigenvalue weighted by atomic mass is 19.4. The van der Waals surface area contributed by atoms with Gasteiger partial charge in [-0.1, -0.05) is 26.8 Å². The van der Waals surface area contributed by atoms with Gasteiger partial charge in [-0.05, 0) is 36.1 Å². The van der Waals surface area contributed by atoms with Crippen LogP contribution in [0, 0.1) is 5.41 Å². The number of amides is 1. The van der Waals surface area contributed by atoms with Crippen LogP contribution in [0.1, 0.15) is 56.3 Å². The van der Waals surface area contributed by atoms with E-state index in [4.69, 9.17) is 0 Å². The molecule has 28 heavy (non-hydrogen) atoms. The van der Waals surface area contributed by atoms with Crippen molar-refractivity contribution in [3.8, 4) is 0 Å². The summed E-state index contributed by atoms with van der Waals surface area (Å²) < 4.78 is 76.1. The molecule has 158 valence electrons. The molecule has 0 aliphatic rings. The van der Waals surface area contributed by atoms with Gasteiger partial charge < -0.3 is 10.4 Å². The maximum atomic E-state index is 13.0. The van der Waals surface area contributed by atoms with Gasteiger partial charge in [-0.3, -0.25) is 4.79 Å². The van der Waals surface area contributed by atoms with Gasteiger partial charge in [0.1, 0.15) is 0 Å². The van der Waals surface area contributed by atoms with Crippen molar-refractivity contribution in [2.75, 3.05) is 0 Å². The van der Waals surface area contributed by atoms with Crippen molar-refractivity contribution >= 4 is 11.9 Å². The Kier molecular flexibility index (Phi) is 7.13. The zero-order valence-electron chi connectivity index (χ0n) is 15.5. The number of aliphatic carboxylic acids is 1. The van der Waals surface area contributed by atoms with Gasteiger partial charge in [0.2, 0.25) is 5.91 Å². The summed E-state index contributed by atoms with van der Waals surface area (Å²) in [6, 6.07) is 0.468. The number of carbonyl (C=O) groups excluding carboxylic acids is 1. The Hall–Kier alpha value is -2.26. The first-order valence-corrected chi connectivity index (χ1v) is 8.33. The van der Waals surface area contributed by atoms with E-state index in [1.165, 1.54) is 20.8 Å². The minimum Gasteiger partial charge on any atom is -0.479 e. The van der Waals surface area contributed by atoms with Gasteiger partial charge in [-0.15, -0.1) is 0 Å². The van der Waals surface area contributed by atoms with Gasteiger partial charge in [0.15, 0.2) is 6.04 Å². The first-order chi connectivity index (χ1) is 12.5. The quantitative estimate of drug-likeness (QED) is 0.654. The Balaban J connectivity index is 3.31. The van der Waals surface area contributed by atoms with Gasteiger partial charge in [0, 0.05) is 11.8 Å². The summed E-state index contributed by atoms with van der Waals surface area (Å²) in [7, 11) is 0. The van der Waals surface area contributed by atoms with Crippen molar-refractivity contribution in [2.45, 2.75) is 58.4 Å². The number of alkyl halides is 6. The average Bonchev–Trinajstić information content (AvgIpc) is 2.49. The highest BCUT2D eigenvalue weighted by Gasteiger charge is 2.34. The van der Waals surface area contributed by atoms with Crippen LogP contribution in [0.4, 0.5) is 26.3 Å². The molecule has 1 rings (SSSR count). The molecule has 2 N–H and O–H groups in total. The Bertz CT molecular complexity index is 720. The lowest BCUT2D eigenvalue weighted by Crippen LogP contribution is -2.40. The van der Waals surface area contributed by atoms with Crippen LogP contribution in [-0.4, -0.2) is 23.2 Å².